The van der Waals surface area contributed by atoms with Crippen molar-refractivity contribution in [2.45, 2.75) is 13.3 Å². The van der Waals surface area contributed by atoms with Crippen molar-refractivity contribution in [1.82, 2.24) is 4.98 Å². The predicted octanol–water partition coefficient (Wildman–Crippen LogP) is 2.45. The molecule has 70 valence electrons. The summed E-state index contributed by atoms with van der Waals surface area (Å²) < 4.78 is 0. The van der Waals surface area contributed by atoms with E-state index in [1.54, 1.807) is 0 Å². The van der Waals surface area contributed by atoms with Crippen molar-refractivity contribution in [2.24, 2.45) is 4.99 Å². The zero-order valence-electron chi connectivity index (χ0n) is 8.17. The van der Waals surface area contributed by atoms with Crippen molar-refractivity contribution in [2.75, 3.05) is 6.54 Å². The molecule has 0 aliphatic carbocycles. The van der Waals surface area contributed by atoms with Crippen LogP contribution in [-0.2, 0) is 6.42 Å². The van der Waals surface area contributed by atoms with E-state index in [0.29, 0.717) is 0 Å². The highest BCUT2D eigenvalue weighted by molar-refractivity contribution is 5.96. The second-order valence-corrected chi connectivity index (χ2v) is 3.80. The number of aromatic amines is 1. The molecule has 0 atom stereocenters. The highest BCUT2D eigenvalue weighted by Crippen LogP contribution is 2.26. The summed E-state index contributed by atoms with van der Waals surface area (Å²) in [5.74, 6) is 0. The van der Waals surface area contributed by atoms with Crippen LogP contribution in [0.15, 0.2) is 23.2 Å². The van der Waals surface area contributed by atoms with Crippen molar-refractivity contribution < 1.29 is 0 Å². The fourth-order valence-electron chi connectivity index (χ4n) is 2.23. The number of nitrogens with zero attached hydrogens (tertiary/aromatic N) is 1. The fraction of sp³-hybridized carbons (Fsp3) is 0.250. The van der Waals surface area contributed by atoms with Gasteiger partial charge in [0.25, 0.3) is 0 Å². The maximum atomic E-state index is 4.29. The molecule has 14 heavy (non-hydrogen) atoms. The van der Waals surface area contributed by atoms with Gasteiger partial charge in [-0.15, -0.1) is 0 Å². The average Bonchev–Trinajstić information content (AvgIpc) is 2.57. The van der Waals surface area contributed by atoms with Crippen molar-refractivity contribution in [3.63, 3.8) is 0 Å². The van der Waals surface area contributed by atoms with Crippen LogP contribution in [0.2, 0.25) is 0 Å². The molecule has 1 aliphatic rings. The minimum atomic E-state index is 0.925. The number of rotatable bonds is 0. The van der Waals surface area contributed by atoms with Gasteiger partial charge in [-0.1, -0.05) is 12.1 Å². The van der Waals surface area contributed by atoms with Gasteiger partial charge in [0, 0.05) is 23.7 Å². The van der Waals surface area contributed by atoms with Crippen LogP contribution in [0.3, 0.4) is 0 Å². The van der Waals surface area contributed by atoms with E-state index in [0.717, 1.165) is 13.0 Å². The second-order valence-electron chi connectivity index (χ2n) is 3.80. The Balaban J connectivity index is 2.45. The maximum Gasteiger partial charge on any atom is 0.0605 e. The van der Waals surface area contributed by atoms with Crippen molar-refractivity contribution in [3.05, 3.63) is 35.0 Å². The van der Waals surface area contributed by atoms with E-state index < -0.39 is 0 Å². The Bertz CT molecular complexity index is 520. The number of benzene rings is 1. The lowest BCUT2D eigenvalue weighted by atomic mass is 10.0. The zero-order valence-corrected chi connectivity index (χ0v) is 8.17. The minimum Gasteiger partial charge on any atom is -0.354 e. The zero-order chi connectivity index (χ0) is 9.54. The van der Waals surface area contributed by atoms with Crippen LogP contribution in [0.5, 0.6) is 0 Å². The van der Waals surface area contributed by atoms with E-state index in [2.05, 4.69) is 35.1 Å². The first-order valence-electron chi connectivity index (χ1n) is 4.96. The molecule has 0 amide bonds. The van der Waals surface area contributed by atoms with Gasteiger partial charge < -0.3 is 4.98 Å². The molecule has 0 saturated heterocycles. The molecule has 3 rings (SSSR count). The van der Waals surface area contributed by atoms with Gasteiger partial charge in [-0.25, -0.2) is 0 Å². The molecule has 1 N–H and O–H groups in total. The molecule has 1 aliphatic heterocycles. The third kappa shape index (κ3) is 0.939. The molecule has 0 spiro atoms. The Morgan fingerprint density at radius 2 is 2.29 bits per heavy atom. The Labute approximate surface area is 82.7 Å². The van der Waals surface area contributed by atoms with E-state index in [1.807, 2.05) is 6.21 Å². The van der Waals surface area contributed by atoms with Crippen molar-refractivity contribution in [1.29, 1.82) is 0 Å². The molecular formula is C12H12N2. The van der Waals surface area contributed by atoms with Gasteiger partial charge in [0.05, 0.1) is 5.69 Å². The van der Waals surface area contributed by atoms with Crippen molar-refractivity contribution >= 4 is 17.1 Å². The highest BCUT2D eigenvalue weighted by Gasteiger charge is 2.13. The van der Waals surface area contributed by atoms with Crippen LogP contribution in [0, 0.1) is 6.92 Å². The number of hydrogen-bond donors (Lipinski definition) is 1. The van der Waals surface area contributed by atoms with Crippen LogP contribution in [0.1, 0.15) is 16.8 Å². The summed E-state index contributed by atoms with van der Waals surface area (Å²) >= 11 is 0. The maximum absolute atomic E-state index is 4.29. The molecule has 2 heterocycles. The van der Waals surface area contributed by atoms with Crippen LogP contribution in [-0.4, -0.2) is 17.7 Å². The topological polar surface area (TPSA) is 28.1 Å². The van der Waals surface area contributed by atoms with Crippen LogP contribution in [0.25, 0.3) is 10.9 Å². The summed E-state index contributed by atoms with van der Waals surface area (Å²) in [7, 11) is 0. The summed E-state index contributed by atoms with van der Waals surface area (Å²) in [6.07, 6.45) is 3.02. The third-order valence-corrected chi connectivity index (χ3v) is 2.88. The van der Waals surface area contributed by atoms with Crippen LogP contribution in [0.4, 0.5) is 0 Å². The molecule has 0 saturated carbocycles. The van der Waals surface area contributed by atoms with Crippen LogP contribution < -0.4 is 0 Å². The summed E-state index contributed by atoms with van der Waals surface area (Å²) in [6.45, 7) is 3.09. The molecule has 1 aromatic carbocycles. The van der Waals surface area contributed by atoms with E-state index in [-0.39, 0.29) is 0 Å². The summed E-state index contributed by atoms with van der Waals surface area (Å²) in [4.78, 5) is 7.69. The summed E-state index contributed by atoms with van der Waals surface area (Å²) in [5, 5.41) is 1.40. The number of fused-ring (bicyclic) bond motifs is 3. The summed E-state index contributed by atoms with van der Waals surface area (Å²) in [6, 6.07) is 6.40. The normalized spacial score (nSPS) is 14.6. The van der Waals surface area contributed by atoms with Gasteiger partial charge in [-0.3, -0.25) is 4.99 Å². The van der Waals surface area contributed by atoms with E-state index in [4.69, 9.17) is 0 Å². The first-order valence-corrected chi connectivity index (χ1v) is 4.96. The van der Waals surface area contributed by atoms with E-state index in [9.17, 15) is 0 Å². The Morgan fingerprint density at radius 3 is 3.21 bits per heavy atom. The number of aryl methyl sites for hydroxylation is 1. The number of aromatic nitrogens is 1. The smallest absolute Gasteiger partial charge is 0.0605 e. The molecule has 2 aromatic rings. The van der Waals surface area contributed by atoms with E-state index in [1.165, 1.54) is 27.7 Å². The third-order valence-electron chi connectivity index (χ3n) is 2.88. The molecule has 0 unspecified atom stereocenters. The lowest BCUT2D eigenvalue weighted by Crippen LogP contribution is -2.00. The van der Waals surface area contributed by atoms with Gasteiger partial charge in [0.2, 0.25) is 0 Å². The molecule has 2 nitrogen and oxygen atoms in total. The number of nitrogens with one attached hydrogen (secondary N) is 1. The summed E-state index contributed by atoms with van der Waals surface area (Å²) in [5.41, 5.74) is 5.23. The standard InChI is InChI=1S/C12H12N2/c1-8-3-2-4-10-12(8)9-5-6-13-7-11(9)14-10/h2-4,7,14H,5-6H2,1H3. The first kappa shape index (κ1) is 7.80. The van der Waals surface area contributed by atoms with Gasteiger partial charge in [0.15, 0.2) is 0 Å². The lowest BCUT2D eigenvalue weighted by molar-refractivity contribution is 0.957. The van der Waals surface area contributed by atoms with Gasteiger partial charge in [-0.05, 0) is 30.5 Å². The Hall–Kier alpha value is -1.57. The van der Waals surface area contributed by atoms with E-state index >= 15 is 0 Å². The average molecular weight is 184 g/mol. The van der Waals surface area contributed by atoms with Gasteiger partial charge in [-0.2, -0.15) is 0 Å². The predicted molar refractivity (Wildman–Crippen MR) is 59.2 cm³/mol. The van der Waals surface area contributed by atoms with Gasteiger partial charge in [0.1, 0.15) is 0 Å². The minimum absolute atomic E-state index is 0.925. The number of hydrogen-bond acceptors (Lipinski definition) is 1. The molecule has 1 aromatic heterocycles. The number of aliphatic imine (C=N–C) groups is 1. The highest BCUT2D eigenvalue weighted by atomic mass is 14.8. The van der Waals surface area contributed by atoms with Crippen LogP contribution >= 0.6 is 0 Å². The van der Waals surface area contributed by atoms with Gasteiger partial charge >= 0.3 is 0 Å². The Kier molecular flexibility index (Phi) is 1.51. The molecule has 0 fully saturated rings. The Morgan fingerprint density at radius 1 is 1.36 bits per heavy atom. The fourth-order valence-corrected chi connectivity index (χ4v) is 2.23. The molecule has 2 heteroatoms. The lowest BCUT2D eigenvalue weighted by Gasteiger charge is -2.05. The molecule has 0 bridgehead atoms. The monoisotopic (exact) mass is 184 g/mol. The quantitative estimate of drug-likeness (QED) is 0.651. The SMILES string of the molecule is Cc1cccc2[nH]c3c(c12)CCN=C3. The largest absolute Gasteiger partial charge is 0.354 e. The molecule has 0 radical (unpaired) electrons. The second kappa shape index (κ2) is 2.71. The number of H-pyrrole nitrogens is 1. The van der Waals surface area contributed by atoms with Crippen molar-refractivity contribution in [3.8, 4) is 0 Å². The molecular weight excluding hydrogens is 172 g/mol. The first-order chi connectivity index (χ1) is 6.86.